The van der Waals surface area contributed by atoms with Crippen molar-refractivity contribution in [3.63, 3.8) is 0 Å². The number of allylic oxidation sites excluding steroid dienone is 1. The first-order valence-corrected chi connectivity index (χ1v) is 5.68. The first kappa shape index (κ1) is 9.85. The summed E-state index contributed by atoms with van der Waals surface area (Å²) in [5.41, 5.74) is 0.781. The minimum Gasteiger partial charge on any atom is -0.348 e. The van der Waals surface area contributed by atoms with E-state index in [1.54, 1.807) is 12.3 Å². The van der Waals surface area contributed by atoms with Crippen LogP contribution in [0.25, 0.3) is 0 Å². The van der Waals surface area contributed by atoms with E-state index in [9.17, 15) is 8.42 Å². The molecule has 0 spiro atoms. The highest BCUT2D eigenvalue weighted by molar-refractivity contribution is 8.15. The van der Waals surface area contributed by atoms with Crippen molar-refractivity contribution in [3.8, 4) is 0 Å². The summed E-state index contributed by atoms with van der Waals surface area (Å²) >= 11 is 1.11. The van der Waals surface area contributed by atoms with Crippen molar-refractivity contribution in [1.82, 2.24) is 10.6 Å². The molecular formula is C5H11N3O2S2. The third kappa shape index (κ3) is 1.45. The first-order chi connectivity index (χ1) is 5.41. The zero-order chi connectivity index (χ0) is 9.41. The lowest BCUT2D eigenvalue weighted by Gasteiger charge is -2.26. The monoisotopic (exact) mass is 209 g/mol. The second-order valence-corrected chi connectivity index (χ2v) is 5.50. The van der Waals surface area contributed by atoms with Gasteiger partial charge in [0.1, 0.15) is 0 Å². The highest BCUT2D eigenvalue weighted by atomic mass is 32.3. The van der Waals surface area contributed by atoms with Gasteiger partial charge in [-0.25, -0.2) is 13.6 Å². The molecule has 0 saturated carbocycles. The molecule has 1 aliphatic heterocycles. The molecule has 7 heteroatoms. The minimum absolute atomic E-state index is 0.781. The topological polar surface area (TPSA) is 84.2 Å². The maximum atomic E-state index is 11.1. The van der Waals surface area contributed by atoms with E-state index >= 15 is 0 Å². The van der Waals surface area contributed by atoms with E-state index in [1.165, 1.54) is 7.05 Å². The Kier molecular flexibility index (Phi) is 2.39. The average Bonchev–Trinajstić information content (AvgIpc) is 2.31. The zero-order valence-electron chi connectivity index (χ0n) is 6.79. The predicted molar refractivity (Wildman–Crippen MR) is 49.4 cm³/mol. The molecule has 1 rings (SSSR count). The number of hydrogen-bond acceptors (Lipinski definition) is 5. The molecule has 12 heavy (non-hydrogen) atoms. The lowest BCUT2D eigenvalue weighted by atomic mass is 10.6. The molecule has 70 valence electrons. The standard InChI is InChI=1S/C5H11N3O2S2/c1-4-3-11-5(7-2,8-4)12(6,9)10/h3,7-8H,1-2H3,(H2,6,9,10). The summed E-state index contributed by atoms with van der Waals surface area (Å²) in [5, 5.41) is 12.1. The van der Waals surface area contributed by atoms with Crippen LogP contribution < -0.4 is 15.8 Å². The Bertz CT molecular complexity index is 311. The van der Waals surface area contributed by atoms with Crippen molar-refractivity contribution < 1.29 is 8.42 Å². The summed E-state index contributed by atoms with van der Waals surface area (Å²) in [6.07, 6.45) is 0. The second-order valence-electron chi connectivity index (χ2n) is 2.46. The Morgan fingerprint density at radius 1 is 1.75 bits per heavy atom. The average molecular weight is 209 g/mol. The smallest absolute Gasteiger partial charge is 0.259 e. The molecule has 0 aromatic rings. The summed E-state index contributed by atoms with van der Waals surface area (Å²) < 4.78 is 21.0. The molecule has 0 fully saturated rings. The zero-order valence-corrected chi connectivity index (χ0v) is 8.42. The number of nitrogens with one attached hydrogen (secondary N) is 2. The molecule has 0 amide bonds. The van der Waals surface area contributed by atoms with Crippen LogP contribution in [-0.4, -0.2) is 19.8 Å². The van der Waals surface area contributed by atoms with Gasteiger partial charge in [-0.3, -0.25) is 5.32 Å². The van der Waals surface area contributed by atoms with Crippen LogP contribution in [0.15, 0.2) is 11.1 Å². The Hall–Kier alpha value is -0.240. The van der Waals surface area contributed by atoms with Crippen LogP contribution >= 0.6 is 11.8 Å². The van der Waals surface area contributed by atoms with Gasteiger partial charge >= 0.3 is 0 Å². The quantitative estimate of drug-likeness (QED) is 0.560. The summed E-state index contributed by atoms with van der Waals surface area (Å²) in [6, 6.07) is 0. The van der Waals surface area contributed by atoms with E-state index in [-0.39, 0.29) is 0 Å². The molecule has 1 aliphatic rings. The fourth-order valence-corrected chi connectivity index (χ4v) is 2.90. The molecule has 0 aliphatic carbocycles. The van der Waals surface area contributed by atoms with Crippen molar-refractivity contribution in [2.75, 3.05) is 7.05 Å². The largest absolute Gasteiger partial charge is 0.348 e. The van der Waals surface area contributed by atoms with Gasteiger partial charge in [0.2, 0.25) is 0 Å². The van der Waals surface area contributed by atoms with Gasteiger partial charge in [0.05, 0.1) is 0 Å². The number of rotatable bonds is 2. The van der Waals surface area contributed by atoms with Gasteiger partial charge in [-0.05, 0) is 19.4 Å². The Balaban J connectivity index is 2.98. The van der Waals surface area contributed by atoms with Gasteiger partial charge in [0, 0.05) is 5.70 Å². The number of thioether (sulfide) groups is 1. The van der Waals surface area contributed by atoms with Gasteiger partial charge in [0.25, 0.3) is 14.4 Å². The van der Waals surface area contributed by atoms with E-state index in [4.69, 9.17) is 5.14 Å². The number of hydrogen-bond donors (Lipinski definition) is 3. The van der Waals surface area contributed by atoms with Gasteiger partial charge in [-0.2, -0.15) is 0 Å². The fourth-order valence-electron chi connectivity index (χ4n) is 0.892. The molecule has 0 aromatic heterocycles. The van der Waals surface area contributed by atoms with Crippen LogP contribution in [0.1, 0.15) is 6.92 Å². The van der Waals surface area contributed by atoms with Crippen LogP contribution in [0.2, 0.25) is 0 Å². The molecule has 1 unspecified atom stereocenters. The Morgan fingerprint density at radius 2 is 2.33 bits per heavy atom. The molecule has 5 nitrogen and oxygen atoms in total. The molecule has 0 saturated heterocycles. The number of primary sulfonamides is 1. The summed E-state index contributed by atoms with van der Waals surface area (Å²) in [7, 11) is -2.12. The van der Waals surface area contributed by atoms with E-state index in [0.29, 0.717) is 0 Å². The second kappa shape index (κ2) is 2.91. The van der Waals surface area contributed by atoms with Crippen LogP contribution in [0, 0.1) is 0 Å². The maximum Gasteiger partial charge on any atom is 0.259 e. The van der Waals surface area contributed by atoms with Crippen molar-refractivity contribution in [3.05, 3.63) is 11.1 Å². The first-order valence-electron chi connectivity index (χ1n) is 3.25. The van der Waals surface area contributed by atoms with Gasteiger partial charge < -0.3 is 5.32 Å². The molecule has 1 heterocycles. The van der Waals surface area contributed by atoms with Crippen molar-refractivity contribution in [2.45, 2.75) is 11.3 Å². The van der Waals surface area contributed by atoms with Crippen molar-refractivity contribution in [2.24, 2.45) is 5.14 Å². The van der Waals surface area contributed by atoms with Gasteiger partial charge in [-0.1, -0.05) is 11.8 Å². The summed E-state index contributed by atoms with van der Waals surface area (Å²) in [6.45, 7) is 1.78. The molecule has 0 aromatic carbocycles. The van der Waals surface area contributed by atoms with Gasteiger partial charge in [-0.15, -0.1) is 0 Å². The number of sulfonamides is 1. The lowest BCUT2D eigenvalue weighted by molar-refractivity contribution is 0.524. The highest BCUT2D eigenvalue weighted by Crippen LogP contribution is 2.31. The van der Waals surface area contributed by atoms with Crippen LogP contribution in [-0.2, 0) is 10.0 Å². The van der Waals surface area contributed by atoms with Crippen LogP contribution in [0.4, 0.5) is 0 Å². The molecule has 0 radical (unpaired) electrons. The van der Waals surface area contributed by atoms with E-state index in [1.807, 2.05) is 0 Å². The molecule has 1 atom stereocenters. The number of nitrogens with two attached hydrogens (primary N) is 1. The van der Waals surface area contributed by atoms with Crippen molar-refractivity contribution in [1.29, 1.82) is 0 Å². The summed E-state index contributed by atoms with van der Waals surface area (Å²) in [4.78, 5) is 0. The minimum atomic E-state index is -3.66. The lowest BCUT2D eigenvalue weighted by Crippen LogP contribution is -2.58. The van der Waals surface area contributed by atoms with E-state index < -0.39 is 14.4 Å². The molecule has 4 N–H and O–H groups in total. The molecule has 0 bridgehead atoms. The van der Waals surface area contributed by atoms with Crippen molar-refractivity contribution >= 4 is 21.8 Å². The third-order valence-corrected chi connectivity index (χ3v) is 4.70. The van der Waals surface area contributed by atoms with Gasteiger partial charge in [0.15, 0.2) is 0 Å². The Morgan fingerprint density at radius 3 is 2.50 bits per heavy atom. The fraction of sp³-hybridized carbons (Fsp3) is 0.600. The van der Waals surface area contributed by atoms with E-state index in [0.717, 1.165) is 17.5 Å². The Labute approximate surface area is 75.8 Å². The third-order valence-electron chi connectivity index (χ3n) is 1.49. The van der Waals surface area contributed by atoms with E-state index in [2.05, 4.69) is 10.6 Å². The predicted octanol–water partition coefficient (Wildman–Crippen LogP) is -0.697. The maximum absolute atomic E-state index is 11.1. The SMILES string of the molecule is CNC1(S(N)(=O)=O)NC(C)=CS1. The normalized spacial score (nSPS) is 29.8. The van der Waals surface area contributed by atoms with Crippen LogP contribution in [0.5, 0.6) is 0 Å². The molecular weight excluding hydrogens is 198 g/mol. The summed E-state index contributed by atoms with van der Waals surface area (Å²) in [5.74, 6) is 0. The van der Waals surface area contributed by atoms with Crippen LogP contribution in [0.3, 0.4) is 0 Å². The highest BCUT2D eigenvalue weighted by Gasteiger charge is 2.43.